The molecular formula is C24H28N4O3S2. The quantitative estimate of drug-likeness (QED) is 0.564. The number of aryl methyl sites for hydroxylation is 1. The molecule has 5 rings (SSSR count). The number of aromatic nitrogens is 1. The van der Waals surface area contributed by atoms with E-state index < -0.39 is 10.0 Å². The Kier molecular flexibility index (Phi) is 6.11. The van der Waals surface area contributed by atoms with E-state index in [0.29, 0.717) is 31.7 Å². The number of hydrogen-bond acceptors (Lipinski definition) is 6. The summed E-state index contributed by atoms with van der Waals surface area (Å²) in [5.74, 6) is -0.0586. The Morgan fingerprint density at radius 3 is 2.27 bits per heavy atom. The van der Waals surface area contributed by atoms with E-state index in [-0.39, 0.29) is 10.8 Å². The van der Waals surface area contributed by atoms with Gasteiger partial charge in [-0.25, -0.2) is 13.4 Å². The lowest BCUT2D eigenvalue weighted by atomic mass is 10.2. The minimum Gasteiger partial charge on any atom is -0.345 e. The third-order valence-electron chi connectivity index (χ3n) is 6.50. The average molecular weight is 485 g/mol. The molecule has 1 amide bonds. The van der Waals surface area contributed by atoms with Crippen LogP contribution in [-0.4, -0.2) is 67.8 Å². The largest absolute Gasteiger partial charge is 0.345 e. The number of carbonyl (C=O) groups is 1. The highest BCUT2D eigenvalue weighted by molar-refractivity contribution is 7.89. The lowest BCUT2D eigenvalue weighted by Gasteiger charge is -2.34. The summed E-state index contributed by atoms with van der Waals surface area (Å²) in [5.41, 5.74) is 2.75. The van der Waals surface area contributed by atoms with Crippen LogP contribution in [0.1, 0.15) is 35.2 Å². The summed E-state index contributed by atoms with van der Waals surface area (Å²) in [4.78, 5) is 22.2. The molecule has 9 heteroatoms. The summed E-state index contributed by atoms with van der Waals surface area (Å²) in [6.45, 7) is 5.90. The molecule has 174 valence electrons. The minimum atomic E-state index is -3.49. The molecule has 0 N–H and O–H groups in total. The Bertz CT molecular complexity index is 1260. The first-order valence-electron chi connectivity index (χ1n) is 11.4. The fraction of sp³-hybridized carbons (Fsp3) is 0.417. The first kappa shape index (κ1) is 22.3. The van der Waals surface area contributed by atoms with Gasteiger partial charge in [0, 0.05) is 44.8 Å². The van der Waals surface area contributed by atoms with E-state index in [4.69, 9.17) is 4.98 Å². The second-order valence-electron chi connectivity index (χ2n) is 8.69. The van der Waals surface area contributed by atoms with Crippen molar-refractivity contribution in [1.29, 1.82) is 0 Å². The predicted octanol–water partition coefficient (Wildman–Crippen LogP) is 3.74. The molecule has 2 aliphatic heterocycles. The number of fused-ring (bicyclic) bond motifs is 1. The van der Waals surface area contributed by atoms with Crippen molar-refractivity contribution in [3.63, 3.8) is 0 Å². The predicted molar refractivity (Wildman–Crippen MR) is 132 cm³/mol. The van der Waals surface area contributed by atoms with Gasteiger partial charge in [0.25, 0.3) is 5.91 Å². The lowest BCUT2D eigenvalue weighted by molar-refractivity contribution is 0.0746. The molecule has 0 aliphatic carbocycles. The Labute approximate surface area is 198 Å². The van der Waals surface area contributed by atoms with Crippen LogP contribution >= 0.6 is 11.3 Å². The van der Waals surface area contributed by atoms with E-state index in [1.807, 2.05) is 4.90 Å². The van der Waals surface area contributed by atoms with Crippen molar-refractivity contribution >= 4 is 42.6 Å². The highest BCUT2D eigenvalue weighted by Gasteiger charge is 2.27. The van der Waals surface area contributed by atoms with Gasteiger partial charge in [-0.15, -0.1) is 0 Å². The van der Waals surface area contributed by atoms with E-state index in [1.165, 1.54) is 10.3 Å². The second kappa shape index (κ2) is 9.04. The third-order valence-corrected chi connectivity index (χ3v) is 9.50. The molecule has 0 unspecified atom stereocenters. The van der Waals surface area contributed by atoms with Crippen molar-refractivity contribution in [3.05, 3.63) is 53.6 Å². The van der Waals surface area contributed by atoms with Crippen LogP contribution in [0.4, 0.5) is 5.13 Å². The molecule has 33 heavy (non-hydrogen) atoms. The molecule has 0 spiro atoms. The second-order valence-corrected chi connectivity index (χ2v) is 11.6. The molecule has 0 bridgehead atoms. The van der Waals surface area contributed by atoms with Gasteiger partial charge in [-0.3, -0.25) is 4.79 Å². The summed E-state index contributed by atoms with van der Waals surface area (Å²) >= 11 is 1.69. The standard InChI is InChI=1S/C24H28N4O3S2/c1-18-6-5-7-21-22(18)25-24(32-21)27-16-14-26(15-17-27)23(29)19-8-10-20(11-9-19)33(30,31)28-12-3-2-4-13-28/h5-11H,2-4,12-17H2,1H3. The molecule has 0 radical (unpaired) electrons. The van der Waals surface area contributed by atoms with Crippen LogP contribution < -0.4 is 4.90 Å². The van der Waals surface area contributed by atoms with Gasteiger partial charge in [0.15, 0.2) is 5.13 Å². The molecule has 1 aromatic heterocycles. The molecule has 2 fully saturated rings. The topological polar surface area (TPSA) is 73.8 Å². The Morgan fingerprint density at radius 1 is 0.909 bits per heavy atom. The maximum absolute atomic E-state index is 13.0. The highest BCUT2D eigenvalue weighted by atomic mass is 32.2. The van der Waals surface area contributed by atoms with Gasteiger partial charge in [-0.1, -0.05) is 29.9 Å². The number of thiazole rings is 1. The molecule has 2 aromatic carbocycles. The Morgan fingerprint density at radius 2 is 1.61 bits per heavy atom. The zero-order valence-electron chi connectivity index (χ0n) is 18.7. The van der Waals surface area contributed by atoms with Crippen LogP contribution in [0.25, 0.3) is 10.2 Å². The Hall–Kier alpha value is -2.49. The van der Waals surface area contributed by atoms with Crippen molar-refractivity contribution in [1.82, 2.24) is 14.2 Å². The third kappa shape index (κ3) is 4.37. The van der Waals surface area contributed by atoms with Gasteiger partial charge in [0.2, 0.25) is 10.0 Å². The van der Waals surface area contributed by atoms with Crippen LogP contribution in [0.2, 0.25) is 0 Å². The van der Waals surface area contributed by atoms with Crippen molar-refractivity contribution in [3.8, 4) is 0 Å². The first-order chi connectivity index (χ1) is 15.9. The number of sulfonamides is 1. The number of nitrogens with zero attached hydrogens (tertiary/aromatic N) is 4. The molecule has 3 heterocycles. The smallest absolute Gasteiger partial charge is 0.253 e. The summed E-state index contributed by atoms with van der Waals surface area (Å²) in [7, 11) is -3.49. The normalized spacial score (nSPS) is 18.1. The molecule has 7 nitrogen and oxygen atoms in total. The van der Waals surface area contributed by atoms with Gasteiger partial charge >= 0.3 is 0 Å². The number of piperazine rings is 1. The number of para-hydroxylation sites is 1. The highest BCUT2D eigenvalue weighted by Crippen LogP contribution is 2.31. The van der Waals surface area contributed by atoms with Crippen LogP contribution in [-0.2, 0) is 10.0 Å². The van der Waals surface area contributed by atoms with Crippen LogP contribution in [0.15, 0.2) is 47.4 Å². The van der Waals surface area contributed by atoms with Gasteiger partial charge in [0.05, 0.1) is 15.1 Å². The number of amides is 1. The number of rotatable bonds is 4. The van der Waals surface area contributed by atoms with Crippen molar-refractivity contribution in [2.75, 3.05) is 44.2 Å². The summed E-state index contributed by atoms with van der Waals surface area (Å²) < 4.78 is 28.4. The SMILES string of the molecule is Cc1cccc2sc(N3CCN(C(=O)c4ccc(S(=O)(=O)N5CCCCC5)cc4)CC3)nc12. The first-order valence-corrected chi connectivity index (χ1v) is 13.7. The van der Waals surface area contributed by atoms with Gasteiger partial charge in [-0.05, 0) is 55.7 Å². The van der Waals surface area contributed by atoms with Gasteiger partial charge < -0.3 is 9.80 Å². The fourth-order valence-electron chi connectivity index (χ4n) is 4.52. The number of carbonyl (C=O) groups excluding carboxylic acids is 1. The molecule has 0 saturated carbocycles. The molecule has 2 aliphatic rings. The Balaban J connectivity index is 1.24. The summed E-state index contributed by atoms with van der Waals surface area (Å²) in [6, 6.07) is 12.6. The van der Waals surface area contributed by atoms with Crippen molar-refractivity contribution in [2.45, 2.75) is 31.1 Å². The number of benzene rings is 2. The molecular weight excluding hydrogens is 456 g/mol. The lowest BCUT2D eigenvalue weighted by Crippen LogP contribution is -2.48. The summed E-state index contributed by atoms with van der Waals surface area (Å²) in [5, 5.41) is 0.999. The number of hydrogen-bond donors (Lipinski definition) is 0. The number of piperidine rings is 1. The van der Waals surface area contributed by atoms with E-state index in [9.17, 15) is 13.2 Å². The zero-order chi connectivity index (χ0) is 23.0. The maximum Gasteiger partial charge on any atom is 0.253 e. The van der Waals surface area contributed by atoms with Crippen LogP contribution in [0.5, 0.6) is 0 Å². The van der Waals surface area contributed by atoms with Gasteiger partial charge in [0.1, 0.15) is 0 Å². The van der Waals surface area contributed by atoms with E-state index in [2.05, 4.69) is 30.0 Å². The van der Waals surface area contributed by atoms with Crippen LogP contribution in [0, 0.1) is 6.92 Å². The monoisotopic (exact) mass is 484 g/mol. The number of anilines is 1. The van der Waals surface area contributed by atoms with E-state index >= 15 is 0 Å². The zero-order valence-corrected chi connectivity index (χ0v) is 20.4. The fourth-order valence-corrected chi connectivity index (χ4v) is 7.13. The van der Waals surface area contributed by atoms with Crippen molar-refractivity contribution in [2.24, 2.45) is 0 Å². The molecule has 0 atom stereocenters. The molecule has 2 saturated heterocycles. The van der Waals surface area contributed by atoms with Gasteiger partial charge in [-0.2, -0.15) is 4.31 Å². The molecule has 3 aromatic rings. The van der Waals surface area contributed by atoms with Crippen LogP contribution in [0.3, 0.4) is 0 Å². The average Bonchev–Trinajstić information content (AvgIpc) is 3.30. The summed E-state index contributed by atoms with van der Waals surface area (Å²) in [6.07, 6.45) is 2.88. The minimum absolute atomic E-state index is 0.0586. The van der Waals surface area contributed by atoms with E-state index in [1.54, 1.807) is 39.9 Å². The van der Waals surface area contributed by atoms with E-state index in [0.717, 1.165) is 43.0 Å². The van der Waals surface area contributed by atoms with Crippen molar-refractivity contribution < 1.29 is 13.2 Å². The maximum atomic E-state index is 13.0.